The summed E-state index contributed by atoms with van der Waals surface area (Å²) in [6.07, 6.45) is 97.9. The van der Waals surface area contributed by atoms with Gasteiger partial charge in [0.1, 0.15) is 0 Å². The fraction of sp³-hybridized carbons (Fsp3) is 0.873. The molecule has 0 aliphatic heterocycles. The van der Waals surface area contributed by atoms with Gasteiger partial charge in [-0.3, -0.25) is 9.59 Å². The number of rotatable bonds is 72. The molecule has 2 atom stereocenters. The standard InChI is InChI=1S/C79H149NO5/c1-3-5-7-9-11-13-15-17-18-19-20-21-22-30-33-36-39-42-45-48-51-55-59-63-67-71-77(82)76(75-81)80-78(83)72-68-64-60-56-52-49-46-43-40-37-34-31-28-26-24-23-25-27-29-32-35-38-41-44-47-50-54-58-62-66-70-74-85-79(84)73-69-65-61-57-53-16-14-12-10-8-6-4-2/h12,14,25,27,32,35,67,71,76-77,81-82H,3-11,13,15-24,26,28-31,33-34,36-66,68-70,72-75H2,1-2H3,(H,80,83)/b14-12-,27-25-,35-32-,71-67+. The lowest BCUT2D eigenvalue weighted by molar-refractivity contribution is -0.143. The molecule has 1 amide bonds. The van der Waals surface area contributed by atoms with Crippen molar-refractivity contribution >= 4 is 11.9 Å². The Labute approximate surface area is 531 Å². The van der Waals surface area contributed by atoms with Crippen LogP contribution in [0.25, 0.3) is 0 Å². The molecule has 0 saturated carbocycles. The van der Waals surface area contributed by atoms with E-state index in [1.54, 1.807) is 6.08 Å². The van der Waals surface area contributed by atoms with Gasteiger partial charge in [-0.2, -0.15) is 0 Å². The molecule has 6 nitrogen and oxygen atoms in total. The van der Waals surface area contributed by atoms with Gasteiger partial charge in [-0.25, -0.2) is 0 Å². The van der Waals surface area contributed by atoms with Gasteiger partial charge in [0.25, 0.3) is 0 Å². The van der Waals surface area contributed by atoms with Crippen LogP contribution in [0.4, 0.5) is 0 Å². The Morgan fingerprint density at radius 3 is 0.929 bits per heavy atom. The van der Waals surface area contributed by atoms with Crippen molar-refractivity contribution in [1.82, 2.24) is 5.32 Å². The fourth-order valence-corrected chi connectivity index (χ4v) is 12.0. The van der Waals surface area contributed by atoms with E-state index < -0.39 is 12.1 Å². The predicted octanol–water partition coefficient (Wildman–Crippen LogP) is 25.2. The maximum atomic E-state index is 12.6. The zero-order valence-corrected chi connectivity index (χ0v) is 57.4. The number of nitrogens with one attached hydrogen (secondary N) is 1. The molecule has 0 saturated heterocycles. The zero-order chi connectivity index (χ0) is 61.3. The second-order valence-corrected chi connectivity index (χ2v) is 26.3. The molecule has 2 unspecified atom stereocenters. The highest BCUT2D eigenvalue weighted by atomic mass is 16.5. The van der Waals surface area contributed by atoms with Gasteiger partial charge in [0.05, 0.1) is 25.4 Å². The fourth-order valence-electron chi connectivity index (χ4n) is 12.0. The Morgan fingerprint density at radius 1 is 0.329 bits per heavy atom. The number of hydrogen-bond donors (Lipinski definition) is 3. The number of carbonyl (C=O) groups excluding carboxylic acids is 2. The van der Waals surface area contributed by atoms with Gasteiger partial charge >= 0.3 is 5.97 Å². The molecular formula is C79H149NO5. The number of aliphatic hydroxyl groups is 2. The van der Waals surface area contributed by atoms with Gasteiger partial charge in [0, 0.05) is 12.8 Å². The van der Waals surface area contributed by atoms with Gasteiger partial charge in [-0.15, -0.1) is 0 Å². The molecule has 0 aromatic heterocycles. The van der Waals surface area contributed by atoms with Crippen LogP contribution in [0.5, 0.6) is 0 Å². The third kappa shape index (κ3) is 70.8. The van der Waals surface area contributed by atoms with E-state index >= 15 is 0 Å². The minimum atomic E-state index is -0.846. The van der Waals surface area contributed by atoms with Crippen molar-refractivity contribution in [2.24, 2.45) is 0 Å². The first-order chi connectivity index (χ1) is 42.0. The third-order valence-electron chi connectivity index (χ3n) is 17.8. The van der Waals surface area contributed by atoms with E-state index in [9.17, 15) is 19.8 Å². The van der Waals surface area contributed by atoms with Crippen molar-refractivity contribution in [1.29, 1.82) is 0 Å². The van der Waals surface area contributed by atoms with Crippen LogP contribution in [0, 0.1) is 0 Å². The topological polar surface area (TPSA) is 95.9 Å². The Balaban J connectivity index is 3.42. The highest BCUT2D eigenvalue weighted by molar-refractivity contribution is 5.76. The number of aliphatic hydroxyl groups excluding tert-OH is 2. The van der Waals surface area contributed by atoms with Gasteiger partial charge in [-0.1, -0.05) is 364 Å². The lowest BCUT2D eigenvalue weighted by Gasteiger charge is -2.20. The highest BCUT2D eigenvalue weighted by Crippen LogP contribution is 2.19. The summed E-state index contributed by atoms with van der Waals surface area (Å²) < 4.78 is 5.47. The van der Waals surface area contributed by atoms with Crippen molar-refractivity contribution in [3.63, 3.8) is 0 Å². The zero-order valence-electron chi connectivity index (χ0n) is 57.4. The maximum absolute atomic E-state index is 12.6. The highest BCUT2D eigenvalue weighted by Gasteiger charge is 2.18. The monoisotopic (exact) mass is 1190 g/mol. The summed E-state index contributed by atoms with van der Waals surface area (Å²) in [6.45, 7) is 4.91. The molecule has 3 N–H and O–H groups in total. The predicted molar refractivity (Wildman–Crippen MR) is 375 cm³/mol. The molecule has 0 aliphatic rings. The normalized spacial score (nSPS) is 12.8. The van der Waals surface area contributed by atoms with Gasteiger partial charge in [-0.05, 0) is 89.9 Å². The van der Waals surface area contributed by atoms with Gasteiger partial charge in [0.15, 0.2) is 0 Å². The SMILES string of the molecule is CCCCC/C=C\CCCCCCCC(=O)OCCCCCCCCCCC/C=C\C/C=C\CCCCCCCCCCCCCCCCCC(=O)NC(CO)C(O)/C=C/CCCCCCCCCCCCCCCCCCCCCCCCC. The molecule has 85 heavy (non-hydrogen) atoms. The number of carbonyl (C=O) groups is 2. The Bertz CT molecular complexity index is 1420. The lowest BCUT2D eigenvalue weighted by atomic mass is 10.0. The van der Waals surface area contributed by atoms with Crippen LogP contribution in [-0.4, -0.2) is 47.4 Å². The van der Waals surface area contributed by atoms with Crippen molar-refractivity contribution in [2.45, 2.75) is 431 Å². The molecule has 0 heterocycles. The average Bonchev–Trinajstić information content (AvgIpc) is 3.51. The maximum Gasteiger partial charge on any atom is 0.305 e. The first-order valence-electron chi connectivity index (χ1n) is 38.4. The third-order valence-corrected chi connectivity index (χ3v) is 17.8. The Morgan fingerprint density at radius 2 is 0.588 bits per heavy atom. The second kappa shape index (κ2) is 74.3. The van der Waals surface area contributed by atoms with Gasteiger partial charge in [0.2, 0.25) is 5.91 Å². The number of esters is 1. The summed E-state index contributed by atoms with van der Waals surface area (Å²) in [4.78, 5) is 24.6. The van der Waals surface area contributed by atoms with Crippen LogP contribution in [0.2, 0.25) is 0 Å². The molecule has 0 aromatic rings. The van der Waals surface area contributed by atoms with Crippen LogP contribution in [0.3, 0.4) is 0 Å². The summed E-state index contributed by atoms with van der Waals surface area (Å²) >= 11 is 0. The number of unbranched alkanes of at least 4 members (excludes halogenated alkanes) is 55. The summed E-state index contributed by atoms with van der Waals surface area (Å²) in [6, 6.07) is -0.630. The molecule has 6 heteroatoms. The molecule has 0 aromatic carbocycles. The molecule has 0 spiro atoms. The number of hydrogen-bond acceptors (Lipinski definition) is 5. The molecule has 0 bridgehead atoms. The quantitative estimate of drug-likeness (QED) is 0.0320. The smallest absolute Gasteiger partial charge is 0.305 e. The minimum absolute atomic E-state index is 0.00305. The Hall–Kier alpha value is -2.18. The lowest BCUT2D eigenvalue weighted by Crippen LogP contribution is -2.45. The summed E-state index contributed by atoms with van der Waals surface area (Å²) in [5.74, 6) is -0.0599. The summed E-state index contributed by atoms with van der Waals surface area (Å²) in [5, 5.41) is 23.3. The molecule has 500 valence electrons. The summed E-state index contributed by atoms with van der Waals surface area (Å²) in [5.41, 5.74) is 0. The van der Waals surface area contributed by atoms with Crippen LogP contribution in [-0.2, 0) is 14.3 Å². The number of allylic oxidation sites excluding steroid dienone is 7. The van der Waals surface area contributed by atoms with E-state index in [1.165, 1.54) is 340 Å². The summed E-state index contributed by atoms with van der Waals surface area (Å²) in [7, 11) is 0. The molecular weight excluding hydrogens is 1040 g/mol. The van der Waals surface area contributed by atoms with E-state index in [4.69, 9.17) is 4.74 Å². The molecule has 0 aliphatic carbocycles. The minimum Gasteiger partial charge on any atom is -0.466 e. The van der Waals surface area contributed by atoms with E-state index in [1.807, 2.05) is 6.08 Å². The van der Waals surface area contributed by atoms with Crippen LogP contribution >= 0.6 is 0 Å². The van der Waals surface area contributed by atoms with E-state index in [0.717, 1.165) is 51.4 Å². The molecule has 0 fully saturated rings. The molecule has 0 radical (unpaired) electrons. The molecule has 0 rings (SSSR count). The van der Waals surface area contributed by atoms with Crippen molar-refractivity contribution in [3.05, 3.63) is 48.6 Å². The van der Waals surface area contributed by atoms with Crippen LogP contribution < -0.4 is 5.32 Å². The number of ether oxygens (including phenoxy) is 1. The van der Waals surface area contributed by atoms with Crippen molar-refractivity contribution in [3.8, 4) is 0 Å². The van der Waals surface area contributed by atoms with Crippen LogP contribution in [0.15, 0.2) is 48.6 Å². The first-order valence-corrected chi connectivity index (χ1v) is 38.4. The second-order valence-electron chi connectivity index (χ2n) is 26.3. The first kappa shape index (κ1) is 82.8. The van der Waals surface area contributed by atoms with Crippen LogP contribution in [0.1, 0.15) is 418 Å². The van der Waals surface area contributed by atoms with E-state index in [0.29, 0.717) is 19.4 Å². The number of amides is 1. The van der Waals surface area contributed by atoms with Crippen molar-refractivity contribution in [2.75, 3.05) is 13.2 Å². The van der Waals surface area contributed by atoms with E-state index in [-0.39, 0.29) is 18.5 Å². The average molecular weight is 1190 g/mol. The van der Waals surface area contributed by atoms with E-state index in [2.05, 4.69) is 55.6 Å². The Kier molecular flexibility index (Phi) is 72.4. The largest absolute Gasteiger partial charge is 0.466 e. The van der Waals surface area contributed by atoms with Gasteiger partial charge < -0.3 is 20.3 Å². The van der Waals surface area contributed by atoms with Crippen molar-refractivity contribution < 1.29 is 24.5 Å².